The first-order valence-corrected chi connectivity index (χ1v) is 14.9. The Balaban J connectivity index is 1.44. The molecule has 0 radical (unpaired) electrons. The van der Waals surface area contributed by atoms with Gasteiger partial charge in [0.25, 0.3) is 0 Å². The molecule has 0 bridgehead atoms. The van der Waals surface area contributed by atoms with E-state index in [0.717, 1.165) is 24.3 Å². The predicted molar refractivity (Wildman–Crippen MR) is 146 cm³/mol. The van der Waals surface area contributed by atoms with Gasteiger partial charge in [0, 0.05) is 22.5 Å². The molecule has 0 saturated carbocycles. The van der Waals surface area contributed by atoms with Crippen LogP contribution in [0.4, 0.5) is 53.9 Å². The summed E-state index contributed by atoms with van der Waals surface area (Å²) in [5.41, 5.74) is 1.29. The highest BCUT2D eigenvalue weighted by Gasteiger charge is 2.52. The number of halogens is 6. The lowest BCUT2D eigenvalue weighted by molar-refractivity contribution is -0.138. The van der Waals surface area contributed by atoms with Gasteiger partial charge in [0.1, 0.15) is 0 Å². The first kappa shape index (κ1) is 26.6. The van der Waals surface area contributed by atoms with Crippen LogP contribution in [0.2, 0.25) is 0 Å². The maximum absolute atomic E-state index is 14.5. The molecule has 2 unspecified atom stereocenters. The van der Waals surface area contributed by atoms with Gasteiger partial charge in [-0.25, -0.2) is 0 Å². The first-order chi connectivity index (χ1) is 19.0. The van der Waals surface area contributed by atoms with Crippen molar-refractivity contribution in [2.75, 3.05) is 10.6 Å². The summed E-state index contributed by atoms with van der Waals surface area (Å²) in [6.07, 6.45) is -9.03. The number of carbonyl (C=O) groups is 1. The number of hydrogen-bond acceptors (Lipinski definition) is 3. The first-order valence-electron chi connectivity index (χ1n) is 12.1. The SMILES string of the molecule is O=C([S+]1Cc2ccc(C(F)(F)F)cc2Nc2ccccc21)[S+]1Cc2ccc(C(F)(F)F)cc2Nc2ccccc21. The van der Waals surface area contributed by atoms with Crippen molar-refractivity contribution < 1.29 is 31.1 Å². The summed E-state index contributed by atoms with van der Waals surface area (Å²) in [6, 6.07) is 21.1. The van der Waals surface area contributed by atoms with Gasteiger partial charge >= 0.3 is 16.8 Å². The Labute approximate surface area is 231 Å². The lowest BCUT2D eigenvalue weighted by Crippen LogP contribution is -2.26. The fourth-order valence-electron chi connectivity index (χ4n) is 4.74. The summed E-state index contributed by atoms with van der Waals surface area (Å²) < 4.78 is 80.6. The molecule has 2 aliphatic heterocycles. The van der Waals surface area contributed by atoms with E-state index in [1.807, 2.05) is 0 Å². The molecule has 2 N–H and O–H groups in total. The third kappa shape index (κ3) is 4.92. The normalized spacial score (nSPS) is 18.1. The Bertz CT molecular complexity index is 1520. The van der Waals surface area contributed by atoms with Crippen molar-refractivity contribution in [3.05, 3.63) is 107 Å². The van der Waals surface area contributed by atoms with Gasteiger partial charge in [0.2, 0.25) is 0 Å². The Morgan fingerprint density at radius 3 is 1.38 bits per heavy atom. The third-order valence-electron chi connectivity index (χ3n) is 6.72. The number of anilines is 4. The lowest BCUT2D eigenvalue weighted by atomic mass is 10.1. The van der Waals surface area contributed by atoms with Crippen LogP contribution in [-0.4, -0.2) is 4.45 Å². The number of fused-ring (bicyclic) bond motifs is 4. The Morgan fingerprint density at radius 2 is 0.975 bits per heavy atom. The summed E-state index contributed by atoms with van der Waals surface area (Å²) in [5, 5.41) is 6.22. The van der Waals surface area contributed by atoms with E-state index in [9.17, 15) is 31.1 Å². The number of benzene rings is 4. The molecule has 0 spiro atoms. The zero-order valence-corrected chi connectivity index (χ0v) is 22.1. The van der Waals surface area contributed by atoms with Crippen molar-refractivity contribution in [1.29, 1.82) is 0 Å². The van der Waals surface area contributed by atoms with Gasteiger partial charge in [-0.3, -0.25) is 0 Å². The predicted octanol–water partition coefficient (Wildman–Crippen LogP) is 9.01. The van der Waals surface area contributed by atoms with Gasteiger partial charge in [0.15, 0.2) is 43.1 Å². The van der Waals surface area contributed by atoms with Crippen molar-refractivity contribution in [3.8, 4) is 0 Å². The molecule has 4 aromatic rings. The van der Waals surface area contributed by atoms with Gasteiger partial charge in [-0.1, -0.05) is 36.4 Å². The fourth-order valence-corrected chi connectivity index (χ4v) is 9.88. The van der Waals surface area contributed by atoms with Crippen LogP contribution in [-0.2, 0) is 45.6 Å². The molecule has 2 atom stereocenters. The average molecular weight is 591 g/mol. The average Bonchev–Trinajstić information content (AvgIpc) is 3.18. The molecule has 6 rings (SSSR count). The van der Waals surface area contributed by atoms with E-state index in [2.05, 4.69) is 10.6 Å². The molecule has 0 amide bonds. The van der Waals surface area contributed by atoms with Crippen molar-refractivity contribution in [2.45, 2.75) is 33.6 Å². The Hall–Kier alpha value is -3.57. The van der Waals surface area contributed by atoms with E-state index >= 15 is 0 Å². The van der Waals surface area contributed by atoms with E-state index < -0.39 is 45.3 Å². The van der Waals surface area contributed by atoms with E-state index in [1.54, 1.807) is 48.5 Å². The summed E-state index contributed by atoms with van der Waals surface area (Å²) in [5.74, 6) is 0.407. The number of rotatable bonds is 0. The van der Waals surface area contributed by atoms with Crippen LogP contribution in [0.25, 0.3) is 0 Å². The van der Waals surface area contributed by atoms with E-state index in [1.165, 1.54) is 12.1 Å². The highest BCUT2D eigenvalue weighted by molar-refractivity contribution is 8.34. The lowest BCUT2D eigenvalue weighted by Gasteiger charge is -2.11. The summed E-state index contributed by atoms with van der Waals surface area (Å²) in [6.45, 7) is 0. The molecule has 40 heavy (non-hydrogen) atoms. The largest absolute Gasteiger partial charge is 0.547 e. The zero-order valence-electron chi connectivity index (χ0n) is 20.5. The molecule has 0 fully saturated rings. The molecule has 0 aliphatic carbocycles. The summed E-state index contributed by atoms with van der Waals surface area (Å²) in [4.78, 5) is 15.8. The van der Waals surface area contributed by atoms with Crippen LogP contribution in [0, 0.1) is 0 Å². The molecule has 4 aromatic carbocycles. The molecule has 0 saturated heterocycles. The second-order valence-corrected chi connectivity index (χ2v) is 13.3. The number of nitrogens with one attached hydrogen (secondary N) is 2. The molecular weight excluding hydrogens is 570 g/mol. The fraction of sp³-hybridized carbons (Fsp3) is 0.138. The minimum Gasteiger partial charge on any atom is -0.351 e. The molecule has 204 valence electrons. The van der Waals surface area contributed by atoms with Crippen LogP contribution in [0.15, 0.2) is 94.7 Å². The van der Waals surface area contributed by atoms with Crippen LogP contribution in [0.5, 0.6) is 0 Å². The standard InChI is InChI=1S/C29H20F6N2OS2/c30-28(31,32)19-11-9-17-15-39(25-7-3-1-5-21(25)36-23(17)13-19)27(38)40-16-18-10-12-20(29(33,34)35)14-24(18)37-22-6-2-4-8-26(22)40/h1-14,36-37H,15-16H2/q+2. The van der Waals surface area contributed by atoms with Crippen LogP contribution < -0.4 is 10.6 Å². The number of alkyl halides is 6. The van der Waals surface area contributed by atoms with E-state index in [-0.39, 0.29) is 16.0 Å². The quantitative estimate of drug-likeness (QED) is 0.159. The molecule has 2 aliphatic rings. The van der Waals surface area contributed by atoms with Crippen molar-refractivity contribution in [1.82, 2.24) is 0 Å². The van der Waals surface area contributed by atoms with Gasteiger partial charge in [0.05, 0.1) is 22.5 Å². The minimum atomic E-state index is -4.52. The summed E-state index contributed by atoms with van der Waals surface area (Å²) in [7, 11) is -2.11. The highest BCUT2D eigenvalue weighted by Crippen LogP contribution is 2.44. The minimum absolute atomic E-state index is 0.107. The molecular formula is C29H20F6N2OS2+2. The van der Waals surface area contributed by atoms with Crippen molar-refractivity contribution >= 4 is 49.0 Å². The second-order valence-electron chi connectivity index (χ2n) is 9.30. The van der Waals surface area contributed by atoms with Gasteiger partial charge in [-0.2, -0.15) is 31.1 Å². The van der Waals surface area contributed by atoms with Crippen molar-refractivity contribution in [2.24, 2.45) is 0 Å². The van der Waals surface area contributed by atoms with Gasteiger partial charge in [-0.15, -0.1) is 0 Å². The number of carbonyl (C=O) groups excluding carboxylic acids is 1. The number of para-hydroxylation sites is 2. The highest BCUT2D eigenvalue weighted by atomic mass is 32.3. The molecule has 0 aromatic heterocycles. The second kappa shape index (κ2) is 9.81. The third-order valence-corrected chi connectivity index (χ3v) is 11.7. The Kier molecular flexibility index (Phi) is 6.53. The topological polar surface area (TPSA) is 41.1 Å². The molecule has 11 heteroatoms. The van der Waals surface area contributed by atoms with E-state index in [4.69, 9.17) is 0 Å². The maximum Gasteiger partial charge on any atom is 0.547 e. The van der Waals surface area contributed by atoms with E-state index in [0.29, 0.717) is 43.7 Å². The molecule has 2 heterocycles. The number of hydrogen-bond donors (Lipinski definition) is 2. The van der Waals surface area contributed by atoms with Crippen LogP contribution in [0.3, 0.4) is 0 Å². The summed E-state index contributed by atoms with van der Waals surface area (Å²) >= 11 is 0. The Morgan fingerprint density at radius 1 is 0.575 bits per heavy atom. The zero-order chi connectivity index (χ0) is 28.2. The van der Waals surface area contributed by atoms with Gasteiger partial charge < -0.3 is 10.6 Å². The van der Waals surface area contributed by atoms with Gasteiger partial charge in [-0.05, 0) is 48.5 Å². The maximum atomic E-state index is 14.5. The smallest absolute Gasteiger partial charge is 0.351 e. The van der Waals surface area contributed by atoms with Crippen LogP contribution in [0.1, 0.15) is 22.3 Å². The van der Waals surface area contributed by atoms with Crippen molar-refractivity contribution in [3.63, 3.8) is 0 Å². The van der Waals surface area contributed by atoms with Crippen LogP contribution >= 0.6 is 0 Å². The monoisotopic (exact) mass is 590 g/mol. The molecule has 3 nitrogen and oxygen atoms in total.